The number of thioether (sulfide) groups is 1. The quantitative estimate of drug-likeness (QED) is 0.719. The summed E-state index contributed by atoms with van der Waals surface area (Å²) in [5, 5.41) is 2.77. The zero-order valence-corrected chi connectivity index (χ0v) is 17.9. The first-order chi connectivity index (χ1) is 14.1. The van der Waals surface area contributed by atoms with Crippen molar-refractivity contribution in [2.24, 2.45) is 0 Å². The van der Waals surface area contributed by atoms with Gasteiger partial charge in [0.25, 0.3) is 0 Å². The molecule has 156 valence electrons. The molecule has 1 saturated heterocycles. The molecule has 0 aliphatic carbocycles. The van der Waals surface area contributed by atoms with Gasteiger partial charge in [0.2, 0.25) is 0 Å². The SMILES string of the molecule is CCOc1ccccc1NC(=O)N1CCSC1c1cc(OC)c(OC)cc1OC. The van der Waals surface area contributed by atoms with Crippen LogP contribution in [0.4, 0.5) is 10.5 Å². The molecule has 2 aromatic carbocycles. The highest BCUT2D eigenvalue weighted by atomic mass is 32.2. The minimum Gasteiger partial charge on any atom is -0.496 e. The third-order valence-corrected chi connectivity index (χ3v) is 5.82. The van der Waals surface area contributed by atoms with Gasteiger partial charge in [-0.15, -0.1) is 11.8 Å². The minimum absolute atomic E-state index is 0.191. The van der Waals surface area contributed by atoms with E-state index in [1.807, 2.05) is 37.3 Å². The van der Waals surface area contributed by atoms with Gasteiger partial charge in [0, 0.05) is 23.9 Å². The van der Waals surface area contributed by atoms with Crippen LogP contribution in [0.2, 0.25) is 0 Å². The maximum atomic E-state index is 13.1. The number of benzene rings is 2. The van der Waals surface area contributed by atoms with E-state index in [-0.39, 0.29) is 11.4 Å². The highest BCUT2D eigenvalue weighted by molar-refractivity contribution is 7.99. The van der Waals surface area contributed by atoms with Gasteiger partial charge in [-0.25, -0.2) is 4.79 Å². The fourth-order valence-electron chi connectivity index (χ4n) is 3.22. The summed E-state index contributed by atoms with van der Waals surface area (Å²) in [6, 6.07) is 10.9. The molecule has 1 unspecified atom stereocenters. The second-order valence-electron chi connectivity index (χ2n) is 6.23. The van der Waals surface area contributed by atoms with Crippen molar-refractivity contribution in [1.82, 2.24) is 4.90 Å². The molecule has 1 N–H and O–H groups in total. The maximum Gasteiger partial charge on any atom is 0.323 e. The van der Waals surface area contributed by atoms with Crippen molar-refractivity contribution in [2.75, 3.05) is 45.6 Å². The van der Waals surface area contributed by atoms with Crippen LogP contribution in [-0.4, -0.2) is 51.2 Å². The Hall–Kier alpha value is -2.74. The van der Waals surface area contributed by atoms with E-state index in [0.29, 0.717) is 41.8 Å². The number of rotatable bonds is 7. The molecule has 0 bridgehead atoms. The molecule has 0 aromatic heterocycles. The van der Waals surface area contributed by atoms with Gasteiger partial charge in [-0.1, -0.05) is 12.1 Å². The Morgan fingerprint density at radius 3 is 2.45 bits per heavy atom. The molecule has 2 amide bonds. The molecule has 1 aliphatic rings. The maximum absolute atomic E-state index is 13.1. The minimum atomic E-state index is -0.205. The van der Waals surface area contributed by atoms with Crippen molar-refractivity contribution in [3.63, 3.8) is 0 Å². The molecular weight excluding hydrogens is 392 g/mol. The number of carbonyl (C=O) groups is 1. The largest absolute Gasteiger partial charge is 0.496 e. The summed E-state index contributed by atoms with van der Waals surface area (Å²) in [7, 11) is 4.77. The molecule has 1 atom stereocenters. The Morgan fingerprint density at radius 1 is 1.07 bits per heavy atom. The normalized spacial score (nSPS) is 15.7. The standard InChI is InChI=1S/C21H26N2O5S/c1-5-28-16-9-7-6-8-15(16)22-21(24)23-10-11-29-20(23)14-12-18(26-3)19(27-4)13-17(14)25-2/h6-9,12-13,20H,5,10-11H2,1-4H3,(H,22,24). The van der Waals surface area contributed by atoms with Crippen LogP contribution in [0.15, 0.2) is 36.4 Å². The first-order valence-corrected chi connectivity index (χ1v) is 10.4. The monoisotopic (exact) mass is 418 g/mol. The van der Waals surface area contributed by atoms with Crippen molar-refractivity contribution in [3.05, 3.63) is 42.0 Å². The van der Waals surface area contributed by atoms with Crippen molar-refractivity contribution < 1.29 is 23.7 Å². The number of nitrogens with one attached hydrogen (secondary N) is 1. The Kier molecular flexibility index (Phi) is 6.98. The van der Waals surface area contributed by atoms with Crippen LogP contribution in [0.1, 0.15) is 17.9 Å². The number of ether oxygens (including phenoxy) is 4. The summed E-state index contributed by atoms with van der Waals surface area (Å²) in [6.07, 6.45) is 0. The molecule has 8 heteroatoms. The number of anilines is 1. The third kappa shape index (κ3) is 4.48. The van der Waals surface area contributed by atoms with Crippen molar-refractivity contribution in [3.8, 4) is 23.0 Å². The number of carbonyl (C=O) groups excluding carboxylic acids is 1. The summed E-state index contributed by atoms with van der Waals surface area (Å²) in [5.41, 5.74) is 1.51. The lowest BCUT2D eigenvalue weighted by atomic mass is 10.1. The van der Waals surface area contributed by atoms with E-state index in [1.165, 1.54) is 0 Å². The van der Waals surface area contributed by atoms with E-state index in [2.05, 4.69) is 5.32 Å². The van der Waals surface area contributed by atoms with Crippen LogP contribution >= 0.6 is 11.8 Å². The summed E-state index contributed by atoms with van der Waals surface area (Å²) < 4.78 is 22.0. The number of methoxy groups -OCH3 is 3. The lowest BCUT2D eigenvalue weighted by Gasteiger charge is -2.26. The predicted molar refractivity (Wildman–Crippen MR) is 115 cm³/mol. The summed E-state index contributed by atoms with van der Waals surface area (Å²) in [4.78, 5) is 14.9. The van der Waals surface area contributed by atoms with E-state index in [9.17, 15) is 4.79 Å². The van der Waals surface area contributed by atoms with Crippen LogP contribution in [-0.2, 0) is 0 Å². The van der Waals surface area contributed by atoms with Crippen molar-refractivity contribution in [1.29, 1.82) is 0 Å². The first-order valence-electron chi connectivity index (χ1n) is 9.33. The second-order valence-corrected chi connectivity index (χ2v) is 7.41. The number of nitrogens with zero attached hydrogens (tertiary/aromatic N) is 1. The first kappa shape index (κ1) is 21.0. The van der Waals surface area contributed by atoms with E-state index in [4.69, 9.17) is 18.9 Å². The number of hydrogen-bond acceptors (Lipinski definition) is 6. The molecule has 29 heavy (non-hydrogen) atoms. The number of amides is 2. The smallest absolute Gasteiger partial charge is 0.323 e. The summed E-state index contributed by atoms with van der Waals surface area (Å²) in [5.74, 6) is 3.29. The predicted octanol–water partition coefficient (Wildman–Crippen LogP) is 4.39. The summed E-state index contributed by atoms with van der Waals surface area (Å²) in [6.45, 7) is 3.06. The van der Waals surface area contributed by atoms with Crippen LogP contribution in [0.3, 0.4) is 0 Å². The second kappa shape index (κ2) is 9.65. The van der Waals surface area contributed by atoms with Gasteiger partial charge in [0.1, 0.15) is 16.9 Å². The molecule has 1 aliphatic heterocycles. The molecule has 0 radical (unpaired) electrons. The molecule has 7 nitrogen and oxygen atoms in total. The molecule has 0 saturated carbocycles. The van der Waals surface area contributed by atoms with Gasteiger partial charge >= 0.3 is 6.03 Å². The molecular formula is C21H26N2O5S. The van der Waals surface area contributed by atoms with Crippen LogP contribution in [0.25, 0.3) is 0 Å². The van der Waals surface area contributed by atoms with Crippen LogP contribution in [0, 0.1) is 0 Å². The number of urea groups is 1. The highest BCUT2D eigenvalue weighted by Gasteiger charge is 2.34. The lowest BCUT2D eigenvalue weighted by molar-refractivity contribution is 0.213. The topological polar surface area (TPSA) is 69.3 Å². The zero-order valence-electron chi connectivity index (χ0n) is 17.1. The summed E-state index contributed by atoms with van der Waals surface area (Å²) >= 11 is 1.68. The Balaban J connectivity index is 1.88. The van der Waals surface area contributed by atoms with Crippen molar-refractivity contribution in [2.45, 2.75) is 12.3 Å². The van der Waals surface area contributed by atoms with Gasteiger partial charge in [0.05, 0.1) is 33.6 Å². The average molecular weight is 419 g/mol. The van der Waals surface area contributed by atoms with Crippen LogP contribution in [0.5, 0.6) is 23.0 Å². The van der Waals surface area contributed by atoms with E-state index in [1.54, 1.807) is 44.1 Å². The fraction of sp³-hybridized carbons (Fsp3) is 0.381. The zero-order chi connectivity index (χ0) is 20.8. The lowest BCUT2D eigenvalue weighted by Crippen LogP contribution is -2.34. The van der Waals surface area contributed by atoms with Gasteiger partial charge in [-0.2, -0.15) is 0 Å². The Bertz CT molecular complexity index is 861. The average Bonchev–Trinajstić information content (AvgIpc) is 3.24. The van der Waals surface area contributed by atoms with Crippen molar-refractivity contribution >= 4 is 23.5 Å². The van der Waals surface area contributed by atoms with Crippen LogP contribution < -0.4 is 24.3 Å². The fourth-order valence-corrected chi connectivity index (χ4v) is 4.49. The molecule has 2 aromatic rings. The van der Waals surface area contributed by atoms with Gasteiger partial charge < -0.3 is 29.2 Å². The van der Waals surface area contributed by atoms with E-state index in [0.717, 1.165) is 11.3 Å². The number of hydrogen-bond donors (Lipinski definition) is 1. The Morgan fingerprint density at radius 2 is 1.76 bits per heavy atom. The molecule has 3 rings (SSSR count). The Labute approximate surface area is 175 Å². The molecule has 0 spiro atoms. The third-order valence-electron chi connectivity index (χ3n) is 4.58. The molecule has 1 heterocycles. The van der Waals surface area contributed by atoms with Gasteiger partial charge in [-0.05, 0) is 25.1 Å². The molecule has 1 fully saturated rings. The van der Waals surface area contributed by atoms with E-state index < -0.39 is 0 Å². The van der Waals surface area contributed by atoms with Gasteiger partial charge in [0.15, 0.2) is 11.5 Å². The number of para-hydroxylation sites is 2. The van der Waals surface area contributed by atoms with E-state index >= 15 is 0 Å². The highest BCUT2D eigenvalue weighted by Crippen LogP contribution is 2.46. The van der Waals surface area contributed by atoms with Gasteiger partial charge in [-0.3, -0.25) is 0 Å².